The van der Waals surface area contributed by atoms with Crippen LogP contribution in [0.1, 0.15) is 27.7 Å². The lowest BCUT2D eigenvalue weighted by Crippen LogP contribution is -2.07. The molecule has 0 bridgehead atoms. The minimum absolute atomic E-state index is 0.0971. The number of aromatic nitrogens is 3. The topological polar surface area (TPSA) is 91.2 Å². The third-order valence-electron chi connectivity index (χ3n) is 3.99. The fourth-order valence-electron chi connectivity index (χ4n) is 2.62. The first-order chi connectivity index (χ1) is 14.2. The minimum Gasteiger partial charge on any atom is -0.452 e. The van der Waals surface area contributed by atoms with Crippen molar-refractivity contribution in [3.05, 3.63) is 83.6 Å². The van der Waals surface area contributed by atoms with Crippen molar-refractivity contribution in [3.63, 3.8) is 0 Å². The summed E-state index contributed by atoms with van der Waals surface area (Å²) in [6, 6.07) is 18.6. The number of aryl methyl sites for hydroxylation is 1. The molecule has 0 aliphatic rings. The SMILES string of the molecule is Cc1cc(CSc2ccccc2C(=O)OCc2nc(-c3ccccc3)no2)no1. The Morgan fingerprint density at radius 1 is 1.03 bits per heavy atom. The third kappa shape index (κ3) is 4.72. The van der Waals surface area contributed by atoms with Gasteiger partial charge in [0, 0.05) is 22.3 Å². The van der Waals surface area contributed by atoms with Crippen molar-refractivity contribution in [1.29, 1.82) is 0 Å². The van der Waals surface area contributed by atoms with Gasteiger partial charge in [-0.05, 0) is 19.1 Å². The van der Waals surface area contributed by atoms with Crippen LogP contribution in [0, 0.1) is 6.92 Å². The molecule has 7 nitrogen and oxygen atoms in total. The fraction of sp³-hybridized carbons (Fsp3) is 0.143. The number of benzene rings is 2. The molecule has 0 N–H and O–H groups in total. The van der Waals surface area contributed by atoms with E-state index in [1.807, 2.05) is 55.5 Å². The van der Waals surface area contributed by atoms with E-state index in [9.17, 15) is 4.79 Å². The molecular weight excluding hydrogens is 390 g/mol. The van der Waals surface area contributed by atoms with Crippen molar-refractivity contribution in [3.8, 4) is 11.4 Å². The molecule has 0 aliphatic carbocycles. The summed E-state index contributed by atoms with van der Waals surface area (Å²) in [6.45, 7) is 1.74. The van der Waals surface area contributed by atoms with Crippen LogP contribution >= 0.6 is 11.8 Å². The molecular formula is C21H17N3O4S. The summed E-state index contributed by atoms with van der Waals surface area (Å²) in [4.78, 5) is 17.6. The first-order valence-corrected chi connectivity index (χ1v) is 9.87. The van der Waals surface area contributed by atoms with Gasteiger partial charge in [0.2, 0.25) is 5.82 Å². The largest absolute Gasteiger partial charge is 0.452 e. The monoisotopic (exact) mass is 407 g/mol. The van der Waals surface area contributed by atoms with Crippen LogP contribution in [0.4, 0.5) is 0 Å². The lowest BCUT2D eigenvalue weighted by atomic mass is 10.2. The lowest BCUT2D eigenvalue weighted by Gasteiger charge is -2.07. The molecule has 2 heterocycles. The highest BCUT2D eigenvalue weighted by Gasteiger charge is 2.16. The van der Waals surface area contributed by atoms with Gasteiger partial charge in [0.25, 0.3) is 5.89 Å². The van der Waals surface area contributed by atoms with E-state index < -0.39 is 5.97 Å². The standard InChI is InChI=1S/C21H17N3O4S/c1-14-11-16(23-27-14)13-29-18-10-6-5-9-17(18)21(25)26-12-19-22-20(24-28-19)15-7-3-2-4-8-15/h2-11H,12-13H2,1H3. The molecule has 0 aliphatic heterocycles. The Kier molecular flexibility index (Phi) is 5.71. The van der Waals surface area contributed by atoms with Crippen molar-refractivity contribution >= 4 is 17.7 Å². The van der Waals surface area contributed by atoms with Crippen LogP contribution < -0.4 is 0 Å². The van der Waals surface area contributed by atoms with Gasteiger partial charge in [-0.25, -0.2) is 4.79 Å². The van der Waals surface area contributed by atoms with Crippen molar-refractivity contribution in [2.45, 2.75) is 24.2 Å². The molecule has 0 amide bonds. The number of nitrogens with zero attached hydrogens (tertiary/aromatic N) is 3. The van der Waals surface area contributed by atoms with Gasteiger partial charge in [0.05, 0.1) is 11.3 Å². The second-order valence-electron chi connectivity index (χ2n) is 6.17. The van der Waals surface area contributed by atoms with Gasteiger partial charge >= 0.3 is 5.97 Å². The summed E-state index contributed by atoms with van der Waals surface area (Å²) in [5.74, 6) is 1.58. The molecule has 2 aromatic heterocycles. The van der Waals surface area contributed by atoms with E-state index in [2.05, 4.69) is 15.3 Å². The Balaban J connectivity index is 1.39. The Hall–Kier alpha value is -3.39. The summed E-state index contributed by atoms with van der Waals surface area (Å²) < 4.78 is 15.6. The van der Waals surface area contributed by atoms with Gasteiger partial charge in [-0.3, -0.25) is 0 Å². The molecule has 0 radical (unpaired) electrons. The highest BCUT2D eigenvalue weighted by Crippen LogP contribution is 2.27. The van der Waals surface area contributed by atoms with Gasteiger partial charge in [0.15, 0.2) is 6.61 Å². The molecule has 0 saturated carbocycles. The van der Waals surface area contributed by atoms with E-state index in [1.165, 1.54) is 11.8 Å². The van der Waals surface area contributed by atoms with Crippen LogP contribution in [0.25, 0.3) is 11.4 Å². The number of hydrogen-bond donors (Lipinski definition) is 0. The molecule has 0 spiro atoms. The first kappa shape index (κ1) is 18.9. The number of esters is 1. The Bertz CT molecular complexity index is 1110. The van der Waals surface area contributed by atoms with Crippen molar-refractivity contribution in [1.82, 2.24) is 15.3 Å². The van der Waals surface area contributed by atoms with E-state index in [0.29, 0.717) is 17.1 Å². The predicted octanol–water partition coefficient (Wildman–Crippen LogP) is 4.68. The van der Waals surface area contributed by atoms with E-state index in [0.717, 1.165) is 21.9 Å². The zero-order valence-corrected chi connectivity index (χ0v) is 16.4. The van der Waals surface area contributed by atoms with Crippen molar-refractivity contribution in [2.75, 3.05) is 0 Å². The fourth-order valence-corrected chi connectivity index (χ4v) is 3.54. The van der Waals surface area contributed by atoms with Crippen LogP contribution in [-0.4, -0.2) is 21.3 Å². The Morgan fingerprint density at radius 2 is 1.83 bits per heavy atom. The van der Waals surface area contributed by atoms with Gasteiger partial charge < -0.3 is 13.8 Å². The van der Waals surface area contributed by atoms with Crippen LogP contribution in [0.5, 0.6) is 0 Å². The highest BCUT2D eigenvalue weighted by atomic mass is 32.2. The van der Waals surface area contributed by atoms with Crippen LogP contribution in [0.15, 0.2) is 74.6 Å². The maximum Gasteiger partial charge on any atom is 0.339 e. The van der Waals surface area contributed by atoms with Gasteiger partial charge in [0.1, 0.15) is 5.76 Å². The number of carbonyl (C=O) groups excluding carboxylic acids is 1. The summed E-state index contributed by atoms with van der Waals surface area (Å²) in [6.07, 6.45) is 0. The molecule has 0 atom stereocenters. The zero-order chi connectivity index (χ0) is 20.1. The number of ether oxygens (including phenoxy) is 1. The van der Waals surface area contributed by atoms with E-state index in [-0.39, 0.29) is 12.5 Å². The second kappa shape index (κ2) is 8.74. The van der Waals surface area contributed by atoms with Crippen LogP contribution in [-0.2, 0) is 17.1 Å². The third-order valence-corrected chi connectivity index (χ3v) is 5.09. The maximum atomic E-state index is 12.6. The summed E-state index contributed by atoms with van der Waals surface area (Å²) >= 11 is 1.49. The molecule has 146 valence electrons. The quantitative estimate of drug-likeness (QED) is 0.322. The van der Waals surface area contributed by atoms with Crippen LogP contribution in [0.3, 0.4) is 0 Å². The molecule has 4 rings (SSSR count). The van der Waals surface area contributed by atoms with Gasteiger partial charge in [-0.15, -0.1) is 11.8 Å². The summed E-state index contributed by atoms with van der Waals surface area (Å²) in [5.41, 5.74) is 2.12. The average Bonchev–Trinajstić information content (AvgIpc) is 3.40. The molecule has 4 aromatic rings. The Labute approximate surface area is 171 Å². The molecule has 0 unspecified atom stereocenters. The van der Waals surface area contributed by atoms with E-state index in [4.69, 9.17) is 13.8 Å². The molecule has 0 saturated heterocycles. The van der Waals surface area contributed by atoms with E-state index >= 15 is 0 Å². The predicted molar refractivity (Wildman–Crippen MR) is 106 cm³/mol. The maximum absolute atomic E-state index is 12.6. The van der Waals surface area contributed by atoms with Gasteiger partial charge in [-0.2, -0.15) is 4.98 Å². The molecule has 0 fully saturated rings. The Morgan fingerprint density at radius 3 is 2.62 bits per heavy atom. The zero-order valence-electron chi connectivity index (χ0n) is 15.6. The number of hydrogen-bond acceptors (Lipinski definition) is 8. The normalized spacial score (nSPS) is 10.8. The van der Waals surface area contributed by atoms with Crippen LogP contribution in [0.2, 0.25) is 0 Å². The number of thioether (sulfide) groups is 1. The van der Waals surface area contributed by atoms with Crippen molar-refractivity contribution in [2.24, 2.45) is 0 Å². The highest BCUT2D eigenvalue weighted by molar-refractivity contribution is 7.98. The average molecular weight is 407 g/mol. The van der Waals surface area contributed by atoms with E-state index in [1.54, 1.807) is 12.1 Å². The minimum atomic E-state index is -0.455. The summed E-state index contributed by atoms with van der Waals surface area (Å²) in [5, 5.41) is 7.89. The van der Waals surface area contributed by atoms with Crippen molar-refractivity contribution < 1.29 is 18.6 Å². The lowest BCUT2D eigenvalue weighted by molar-refractivity contribution is 0.0425. The molecule has 2 aromatic carbocycles. The first-order valence-electron chi connectivity index (χ1n) is 8.88. The smallest absolute Gasteiger partial charge is 0.339 e. The number of rotatable bonds is 7. The summed E-state index contributed by atoms with van der Waals surface area (Å²) in [7, 11) is 0. The number of carbonyl (C=O) groups is 1. The molecule has 29 heavy (non-hydrogen) atoms. The molecule has 8 heteroatoms. The van der Waals surface area contributed by atoms with Gasteiger partial charge in [-0.1, -0.05) is 52.8 Å². The second-order valence-corrected chi connectivity index (χ2v) is 7.18.